The van der Waals surface area contributed by atoms with Gasteiger partial charge in [-0.2, -0.15) is 0 Å². The first-order valence-corrected chi connectivity index (χ1v) is 4.00. The Morgan fingerprint density at radius 2 is 2.31 bits per heavy atom. The Hall–Kier alpha value is -1.55. The second-order valence-corrected chi connectivity index (χ2v) is 2.94. The Morgan fingerprint density at radius 3 is 3.00 bits per heavy atom. The summed E-state index contributed by atoms with van der Waals surface area (Å²) in [5.74, 6) is 0. The van der Waals surface area contributed by atoms with Crippen LogP contribution in [0, 0.1) is 0 Å². The minimum atomic E-state index is -0.125. The van der Waals surface area contributed by atoms with E-state index in [2.05, 4.69) is 0 Å². The van der Waals surface area contributed by atoms with E-state index in [-0.39, 0.29) is 12.2 Å². The summed E-state index contributed by atoms with van der Waals surface area (Å²) >= 11 is 0. The molecular weight excluding hydrogens is 168 g/mol. The van der Waals surface area contributed by atoms with Crippen molar-refractivity contribution >= 4 is 5.52 Å². The zero-order chi connectivity index (χ0) is 9.42. The third-order valence-corrected chi connectivity index (χ3v) is 2.18. The van der Waals surface area contributed by atoms with E-state index in [1.807, 2.05) is 0 Å². The lowest BCUT2D eigenvalue weighted by Crippen LogP contribution is -2.22. The number of hydrogen-bond donors (Lipinski definition) is 1. The fraction of sp³-hybridized carbons (Fsp3) is 0.222. The van der Waals surface area contributed by atoms with Gasteiger partial charge in [-0.1, -0.05) is 0 Å². The Balaban J connectivity index is 2.92. The molecule has 0 saturated carbocycles. The van der Waals surface area contributed by atoms with E-state index in [1.165, 1.54) is 4.57 Å². The van der Waals surface area contributed by atoms with Crippen molar-refractivity contribution in [1.29, 1.82) is 0 Å². The van der Waals surface area contributed by atoms with Crippen LogP contribution in [0.5, 0.6) is 0 Å². The molecule has 4 nitrogen and oxygen atoms in total. The molecule has 0 radical (unpaired) electrons. The molecule has 68 valence electrons. The molecule has 0 atom stereocenters. The van der Waals surface area contributed by atoms with E-state index in [0.29, 0.717) is 11.2 Å². The largest absolute Gasteiger partial charge is 0.390 e. The lowest BCUT2D eigenvalue weighted by atomic mass is 10.4. The minimum absolute atomic E-state index is 0.0865. The maximum Gasteiger partial charge on any atom is 0.274 e. The van der Waals surface area contributed by atoms with Gasteiger partial charge in [-0.15, -0.1) is 0 Å². The Kier molecular flexibility index (Phi) is 1.70. The van der Waals surface area contributed by atoms with Crippen LogP contribution >= 0.6 is 0 Å². The van der Waals surface area contributed by atoms with Crippen LogP contribution in [-0.2, 0) is 13.7 Å². The highest BCUT2D eigenvalue weighted by Gasteiger charge is 2.03. The van der Waals surface area contributed by atoms with Gasteiger partial charge in [-0.3, -0.25) is 4.79 Å². The minimum Gasteiger partial charge on any atom is -0.390 e. The van der Waals surface area contributed by atoms with Gasteiger partial charge in [0, 0.05) is 19.4 Å². The van der Waals surface area contributed by atoms with E-state index < -0.39 is 0 Å². The van der Waals surface area contributed by atoms with Crippen molar-refractivity contribution in [2.75, 3.05) is 0 Å². The molecule has 0 bridgehead atoms. The van der Waals surface area contributed by atoms with Crippen LogP contribution in [-0.4, -0.2) is 14.1 Å². The summed E-state index contributed by atoms with van der Waals surface area (Å²) in [4.78, 5) is 11.6. The first-order valence-electron chi connectivity index (χ1n) is 4.00. The van der Waals surface area contributed by atoms with Gasteiger partial charge in [0.1, 0.15) is 5.52 Å². The van der Waals surface area contributed by atoms with Crippen molar-refractivity contribution in [2.45, 2.75) is 6.61 Å². The average molecular weight is 178 g/mol. The summed E-state index contributed by atoms with van der Waals surface area (Å²) < 4.78 is 3.17. The molecule has 0 saturated heterocycles. The second kappa shape index (κ2) is 2.74. The van der Waals surface area contributed by atoms with E-state index in [0.717, 1.165) is 0 Å². The molecule has 1 N–H and O–H groups in total. The summed E-state index contributed by atoms with van der Waals surface area (Å²) in [6.45, 7) is -0.125. The Labute approximate surface area is 74.7 Å². The Bertz CT molecular complexity index is 496. The fourth-order valence-corrected chi connectivity index (χ4v) is 1.38. The highest BCUT2D eigenvalue weighted by molar-refractivity contribution is 5.45. The normalized spacial score (nSPS) is 10.9. The number of nitrogens with zero attached hydrogens (tertiary/aromatic N) is 2. The van der Waals surface area contributed by atoms with Crippen molar-refractivity contribution in [2.24, 2.45) is 7.05 Å². The summed E-state index contributed by atoms with van der Waals surface area (Å²) in [6, 6.07) is 3.56. The van der Waals surface area contributed by atoms with E-state index in [1.54, 1.807) is 36.0 Å². The SMILES string of the molecule is Cn1c(CO)cn2cccc2c1=O. The van der Waals surface area contributed by atoms with Crippen molar-refractivity contribution in [3.8, 4) is 0 Å². The molecule has 0 fully saturated rings. The van der Waals surface area contributed by atoms with Gasteiger partial charge in [0.15, 0.2) is 0 Å². The number of fused-ring (bicyclic) bond motifs is 1. The third-order valence-electron chi connectivity index (χ3n) is 2.18. The molecule has 2 aromatic heterocycles. The summed E-state index contributed by atoms with van der Waals surface area (Å²) in [5, 5.41) is 8.97. The van der Waals surface area contributed by atoms with Crippen LogP contribution in [0.4, 0.5) is 0 Å². The predicted octanol–water partition coefficient (Wildman–Crippen LogP) is 0.130. The van der Waals surface area contributed by atoms with Gasteiger partial charge in [0.25, 0.3) is 5.56 Å². The molecule has 13 heavy (non-hydrogen) atoms. The fourth-order valence-electron chi connectivity index (χ4n) is 1.38. The number of aromatic nitrogens is 2. The monoisotopic (exact) mass is 178 g/mol. The topological polar surface area (TPSA) is 46.6 Å². The highest BCUT2D eigenvalue weighted by Crippen LogP contribution is 2.01. The van der Waals surface area contributed by atoms with Gasteiger partial charge in [0.2, 0.25) is 0 Å². The lowest BCUT2D eigenvalue weighted by Gasteiger charge is -2.05. The summed E-state index contributed by atoms with van der Waals surface area (Å²) in [7, 11) is 1.65. The van der Waals surface area contributed by atoms with Gasteiger partial charge < -0.3 is 14.1 Å². The standard InChI is InChI=1S/C9H10N2O2/c1-10-7(6-12)5-11-4-2-3-8(11)9(10)13/h2-5,12H,6H2,1H3. The van der Waals surface area contributed by atoms with Crippen molar-refractivity contribution in [3.63, 3.8) is 0 Å². The van der Waals surface area contributed by atoms with Crippen LogP contribution in [0.25, 0.3) is 5.52 Å². The molecule has 0 aliphatic heterocycles. The number of aliphatic hydroxyl groups is 1. The van der Waals surface area contributed by atoms with E-state index >= 15 is 0 Å². The van der Waals surface area contributed by atoms with Crippen molar-refractivity contribution in [1.82, 2.24) is 8.97 Å². The molecule has 0 spiro atoms. The van der Waals surface area contributed by atoms with Crippen LogP contribution in [0.1, 0.15) is 5.69 Å². The quantitative estimate of drug-likeness (QED) is 0.674. The zero-order valence-corrected chi connectivity index (χ0v) is 7.27. The molecule has 0 aromatic carbocycles. The predicted molar refractivity (Wildman–Crippen MR) is 48.6 cm³/mol. The van der Waals surface area contributed by atoms with Gasteiger partial charge in [0.05, 0.1) is 12.3 Å². The third kappa shape index (κ3) is 1.07. The molecule has 2 heterocycles. The zero-order valence-electron chi connectivity index (χ0n) is 7.27. The molecule has 0 aliphatic carbocycles. The second-order valence-electron chi connectivity index (χ2n) is 2.94. The smallest absolute Gasteiger partial charge is 0.274 e. The maximum atomic E-state index is 11.6. The lowest BCUT2D eigenvalue weighted by molar-refractivity contribution is 0.270. The molecule has 2 aromatic rings. The van der Waals surface area contributed by atoms with Crippen LogP contribution in [0.2, 0.25) is 0 Å². The maximum absolute atomic E-state index is 11.6. The van der Waals surface area contributed by atoms with Gasteiger partial charge >= 0.3 is 0 Å². The first-order chi connectivity index (χ1) is 6.24. The van der Waals surface area contributed by atoms with Crippen LogP contribution in [0.3, 0.4) is 0 Å². The summed E-state index contributed by atoms with van der Waals surface area (Å²) in [5.41, 5.74) is 1.14. The van der Waals surface area contributed by atoms with E-state index in [9.17, 15) is 4.79 Å². The van der Waals surface area contributed by atoms with Crippen LogP contribution in [0.15, 0.2) is 29.3 Å². The number of aliphatic hydroxyl groups excluding tert-OH is 1. The van der Waals surface area contributed by atoms with Gasteiger partial charge in [-0.05, 0) is 12.1 Å². The molecule has 0 unspecified atom stereocenters. The average Bonchev–Trinajstić information content (AvgIpc) is 2.59. The molecular formula is C9H10N2O2. The Morgan fingerprint density at radius 1 is 1.54 bits per heavy atom. The number of rotatable bonds is 1. The summed E-state index contributed by atoms with van der Waals surface area (Å²) in [6.07, 6.45) is 3.53. The van der Waals surface area contributed by atoms with E-state index in [4.69, 9.17) is 5.11 Å². The van der Waals surface area contributed by atoms with Crippen LogP contribution < -0.4 is 5.56 Å². The molecule has 4 heteroatoms. The first kappa shape index (κ1) is 8.07. The molecule has 2 rings (SSSR count). The van der Waals surface area contributed by atoms with Crippen molar-refractivity contribution < 1.29 is 5.11 Å². The number of hydrogen-bond acceptors (Lipinski definition) is 2. The molecule has 0 amide bonds. The molecule has 0 aliphatic rings. The van der Waals surface area contributed by atoms with Crippen molar-refractivity contribution in [3.05, 3.63) is 40.6 Å². The van der Waals surface area contributed by atoms with Gasteiger partial charge in [-0.25, -0.2) is 0 Å². The highest BCUT2D eigenvalue weighted by atomic mass is 16.3.